The van der Waals surface area contributed by atoms with Crippen LogP contribution in [0.4, 0.5) is 0 Å². The Hall–Kier alpha value is -2.01. The maximum absolute atomic E-state index is 12.0. The van der Waals surface area contributed by atoms with Gasteiger partial charge in [-0.3, -0.25) is 9.78 Å². The van der Waals surface area contributed by atoms with E-state index in [0.29, 0.717) is 6.42 Å². The molecule has 1 aromatic heterocycles. The summed E-state index contributed by atoms with van der Waals surface area (Å²) in [6, 6.07) is 11.7. The van der Waals surface area contributed by atoms with Crippen LogP contribution in [0.15, 0.2) is 53.7 Å². The number of ether oxygens (including phenoxy) is 1. The van der Waals surface area contributed by atoms with Gasteiger partial charge in [-0.25, -0.2) is 0 Å². The molecule has 2 aromatic rings. The maximum atomic E-state index is 12.0. The van der Waals surface area contributed by atoms with Crippen molar-refractivity contribution in [3.8, 4) is 5.75 Å². The molecule has 4 nitrogen and oxygen atoms in total. The van der Waals surface area contributed by atoms with E-state index in [9.17, 15) is 4.79 Å². The van der Waals surface area contributed by atoms with Gasteiger partial charge in [0.05, 0.1) is 13.2 Å². The van der Waals surface area contributed by atoms with Crippen LogP contribution in [0.5, 0.6) is 5.75 Å². The van der Waals surface area contributed by atoms with Gasteiger partial charge in [-0.2, -0.15) is 0 Å². The molecule has 0 aliphatic carbocycles. The van der Waals surface area contributed by atoms with Crippen LogP contribution >= 0.6 is 11.8 Å². The van der Waals surface area contributed by atoms with E-state index in [-0.39, 0.29) is 11.9 Å². The smallest absolute Gasteiger partial charge is 0.221 e. The molecule has 1 N–H and O–H groups in total. The van der Waals surface area contributed by atoms with Crippen LogP contribution < -0.4 is 10.1 Å². The molecule has 0 radical (unpaired) electrons. The Bertz CT molecular complexity index is 587. The SMILES string of the molecule is COc1ccc(SCCC(=O)NC(C)c2ccncc2)cc1. The molecule has 1 amide bonds. The first-order valence-electron chi connectivity index (χ1n) is 7.15. The van der Waals surface area contributed by atoms with Crippen molar-refractivity contribution in [1.29, 1.82) is 0 Å². The molecule has 5 heteroatoms. The number of nitrogens with zero attached hydrogens (tertiary/aromatic N) is 1. The molecule has 1 aromatic carbocycles. The van der Waals surface area contributed by atoms with E-state index in [2.05, 4.69) is 10.3 Å². The molecule has 0 bridgehead atoms. The fourth-order valence-electron chi connectivity index (χ4n) is 1.98. The Morgan fingerprint density at radius 3 is 2.55 bits per heavy atom. The zero-order chi connectivity index (χ0) is 15.8. The maximum Gasteiger partial charge on any atom is 0.221 e. The normalized spacial score (nSPS) is 11.7. The number of pyridine rings is 1. The third-order valence-electron chi connectivity index (χ3n) is 3.24. The number of methoxy groups -OCH3 is 1. The predicted octanol–water partition coefficient (Wildman–Crippen LogP) is 3.45. The number of carbonyl (C=O) groups excluding carboxylic acids is 1. The summed E-state index contributed by atoms with van der Waals surface area (Å²) >= 11 is 1.66. The quantitative estimate of drug-likeness (QED) is 0.795. The fraction of sp³-hybridized carbons (Fsp3) is 0.294. The lowest BCUT2D eigenvalue weighted by Gasteiger charge is -2.13. The number of thioether (sulfide) groups is 1. The van der Waals surface area contributed by atoms with Crippen LogP contribution in [0.1, 0.15) is 24.9 Å². The molecule has 1 atom stereocenters. The van der Waals surface area contributed by atoms with Crippen LogP contribution in [-0.4, -0.2) is 23.8 Å². The molecule has 0 saturated heterocycles. The molecular formula is C17H20N2O2S. The second-order valence-corrected chi connectivity index (χ2v) is 6.01. The van der Waals surface area contributed by atoms with Crippen LogP contribution in [0.25, 0.3) is 0 Å². The predicted molar refractivity (Wildman–Crippen MR) is 89.1 cm³/mol. The minimum absolute atomic E-state index is 0.00138. The van der Waals surface area contributed by atoms with Gasteiger partial charge in [0.25, 0.3) is 0 Å². The zero-order valence-electron chi connectivity index (χ0n) is 12.8. The molecule has 0 aliphatic heterocycles. The summed E-state index contributed by atoms with van der Waals surface area (Å²) in [5, 5.41) is 3.00. The van der Waals surface area contributed by atoms with E-state index < -0.39 is 0 Å². The highest BCUT2D eigenvalue weighted by atomic mass is 32.2. The number of carbonyl (C=O) groups is 1. The van der Waals surface area contributed by atoms with Crippen molar-refractivity contribution in [2.75, 3.05) is 12.9 Å². The Morgan fingerprint density at radius 1 is 1.23 bits per heavy atom. The third kappa shape index (κ3) is 5.07. The number of aromatic nitrogens is 1. The summed E-state index contributed by atoms with van der Waals surface area (Å²) in [6.07, 6.45) is 3.96. The standard InChI is InChI=1S/C17H20N2O2S/c1-13(14-7-10-18-11-8-14)19-17(20)9-12-22-16-5-3-15(21-2)4-6-16/h3-8,10-11,13H,9,12H2,1-2H3,(H,19,20). The summed E-state index contributed by atoms with van der Waals surface area (Å²) < 4.78 is 5.12. The van der Waals surface area contributed by atoms with Gasteiger partial charge >= 0.3 is 0 Å². The summed E-state index contributed by atoms with van der Waals surface area (Å²) in [6.45, 7) is 1.98. The first-order valence-corrected chi connectivity index (χ1v) is 8.13. The Kier molecular flexibility index (Phi) is 6.27. The second-order valence-electron chi connectivity index (χ2n) is 4.84. The van der Waals surface area contributed by atoms with Crippen LogP contribution in [0.3, 0.4) is 0 Å². The minimum Gasteiger partial charge on any atom is -0.497 e. The summed E-state index contributed by atoms with van der Waals surface area (Å²) in [5.74, 6) is 1.65. The van der Waals surface area contributed by atoms with Gasteiger partial charge in [0.1, 0.15) is 5.75 Å². The van der Waals surface area contributed by atoms with Crippen LogP contribution in [0, 0.1) is 0 Å². The first-order chi connectivity index (χ1) is 10.7. The Morgan fingerprint density at radius 2 is 1.91 bits per heavy atom. The lowest BCUT2D eigenvalue weighted by molar-refractivity contribution is -0.121. The van der Waals surface area contributed by atoms with Gasteiger partial charge in [0, 0.05) is 29.5 Å². The van der Waals surface area contributed by atoms with E-state index in [0.717, 1.165) is 22.0 Å². The van der Waals surface area contributed by atoms with Gasteiger partial charge in [0.15, 0.2) is 0 Å². The lowest BCUT2D eigenvalue weighted by atomic mass is 10.1. The number of rotatable bonds is 7. The Balaban J connectivity index is 1.73. The molecule has 0 spiro atoms. The highest BCUT2D eigenvalue weighted by molar-refractivity contribution is 7.99. The molecule has 2 rings (SSSR count). The zero-order valence-corrected chi connectivity index (χ0v) is 13.6. The van der Waals surface area contributed by atoms with Crippen molar-refractivity contribution in [2.24, 2.45) is 0 Å². The van der Waals surface area contributed by atoms with E-state index in [1.165, 1.54) is 0 Å². The van der Waals surface area contributed by atoms with Gasteiger partial charge in [0.2, 0.25) is 5.91 Å². The molecular weight excluding hydrogens is 296 g/mol. The topological polar surface area (TPSA) is 51.2 Å². The molecule has 1 unspecified atom stereocenters. The molecule has 116 valence electrons. The summed E-state index contributed by atoms with van der Waals surface area (Å²) in [7, 11) is 1.65. The van der Waals surface area contributed by atoms with E-state index in [4.69, 9.17) is 4.74 Å². The van der Waals surface area contributed by atoms with Crippen molar-refractivity contribution in [3.05, 3.63) is 54.4 Å². The highest BCUT2D eigenvalue weighted by Gasteiger charge is 2.09. The number of benzene rings is 1. The molecule has 0 fully saturated rings. The van der Waals surface area contributed by atoms with Gasteiger partial charge in [-0.1, -0.05) is 0 Å². The van der Waals surface area contributed by atoms with Gasteiger partial charge in [-0.15, -0.1) is 11.8 Å². The number of nitrogens with one attached hydrogen (secondary N) is 1. The van der Waals surface area contributed by atoms with E-state index in [1.807, 2.05) is 43.3 Å². The van der Waals surface area contributed by atoms with E-state index >= 15 is 0 Å². The van der Waals surface area contributed by atoms with Crippen LogP contribution in [-0.2, 0) is 4.79 Å². The van der Waals surface area contributed by atoms with E-state index in [1.54, 1.807) is 31.3 Å². The first kappa shape index (κ1) is 16.4. The fourth-order valence-corrected chi connectivity index (χ4v) is 2.83. The average molecular weight is 316 g/mol. The van der Waals surface area contributed by atoms with Crippen molar-refractivity contribution in [1.82, 2.24) is 10.3 Å². The number of hydrogen-bond acceptors (Lipinski definition) is 4. The van der Waals surface area contributed by atoms with Crippen molar-refractivity contribution in [3.63, 3.8) is 0 Å². The van der Waals surface area contributed by atoms with Crippen LogP contribution in [0.2, 0.25) is 0 Å². The highest BCUT2D eigenvalue weighted by Crippen LogP contribution is 2.22. The summed E-state index contributed by atoms with van der Waals surface area (Å²) in [4.78, 5) is 17.1. The minimum atomic E-state index is 0.00138. The monoisotopic (exact) mass is 316 g/mol. The molecule has 0 saturated carbocycles. The van der Waals surface area contributed by atoms with Gasteiger partial charge < -0.3 is 10.1 Å². The third-order valence-corrected chi connectivity index (χ3v) is 4.25. The van der Waals surface area contributed by atoms with Crippen molar-refractivity contribution in [2.45, 2.75) is 24.3 Å². The largest absolute Gasteiger partial charge is 0.497 e. The molecule has 22 heavy (non-hydrogen) atoms. The second kappa shape index (κ2) is 8.44. The molecule has 0 aliphatic rings. The average Bonchev–Trinajstić information content (AvgIpc) is 2.56. The van der Waals surface area contributed by atoms with Crippen molar-refractivity contribution >= 4 is 17.7 Å². The number of amides is 1. The Labute approximate surface area is 135 Å². The van der Waals surface area contributed by atoms with Gasteiger partial charge in [-0.05, 0) is 48.9 Å². The van der Waals surface area contributed by atoms with Crippen molar-refractivity contribution < 1.29 is 9.53 Å². The lowest BCUT2D eigenvalue weighted by Crippen LogP contribution is -2.26. The summed E-state index contributed by atoms with van der Waals surface area (Å²) in [5.41, 5.74) is 1.06. The number of hydrogen-bond donors (Lipinski definition) is 1. The molecule has 1 heterocycles.